The van der Waals surface area contributed by atoms with Crippen LogP contribution in [0.1, 0.15) is 42.5 Å². The van der Waals surface area contributed by atoms with Crippen LogP contribution in [-0.4, -0.2) is 15.8 Å². The van der Waals surface area contributed by atoms with Crippen LogP contribution in [0.4, 0.5) is 0 Å². The van der Waals surface area contributed by atoms with E-state index in [4.69, 9.17) is 0 Å². The van der Waals surface area contributed by atoms with Gasteiger partial charge in [0.25, 0.3) is 0 Å². The number of rotatable bonds is 2. The van der Waals surface area contributed by atoms with E-state index in [2.05, 4.69) is 9.97 Å². The summed E-state index contributed by atoms with van der Waals surface area (Å²) < 4.78 is 0. The highest BCUT2D eigenvalue weighted by Gasteiger charge is 2.22. The van der Waals surface area contributed by atoms with Crippen molar-refractivity contribution in [3.63, 3.8) is 0 Å². The molecule has 0 amide bonds. The van der Waals surface area contributed by atoms with Crippen molar-refractivity contribution in [1.29, 1.82) is 0 Å². The zero-order valence-electron chi connectivity index (χ0n) is 10.3. The fourth-order valence-electron chi connectivity index (χ4n) is 2.72. The first-order valence-corrected chi connectivity index (χ1v) is 6.59. The van der Waals surface area contributed by atoms with E-state index in [1.54, 1.807) is 12.4 Å². The number of carbonyl (C=O) groups excluding carboxylic acids is 1. The van der Waals surface area contributed by atoms with Gasteiger partial charge in [-0.1, -0.05) is 19.3 Å². The Morgan fingerprint density at radius 1 is 1.00 bits per heavy atom. The Kier molecular flexibility index (Phi) is 3.05. The van der Waals surface area contributed by atoms with Gasteiger partial charge >= 0.3 is 0 Å². The third kappa shape index (κ3) is 2.13. The SMILES string of the molecule is O=C(c1ccc2nccnc2c1)C1CCCCC1. The van der Waals surface area contributed by atoms with Crippen LogP contribution in [0.2, 0.25) is 0 Å². The first-order valence-electron chi connectivity index (χ1n) is 6.59. The van der Waals surface area contributed by atoms with Crippen LogP contribution >= 0.6 is 0 Å². The maximum atomic E-state index is 12.4. The topological polar surface area (TPSA) is 42.9 Å². The van der Waals surface area contributed by atoms with Crippen LogP contribution in [0.3, 0.4) is 0 Å². The standard InChI is InChI=1S/C15H16N2O/c18-15(11-4-2-1-3-5-11)12-6-7-13-14(10-12)17-9-8-16-13/h6-11H,1-5H2. The third-order valence-corrected chi connectivity index (χ3v) is 3.73. The minimum absolute atomic E-state index is 0.216. The van der Waals surface area contributed by atoms with E-state index >= 15 is 0 Å². The molecular weight excluding hydrogens is 224 g/mol. The molecule has 0 atom stereocenters. The lowest BCUT2D eigenvalue weighted by molar-refractivity contribution is 0.0889. The molecule has 0 radical (unpaired) electrons. The number of hydrogen-bond donors (Lipinski definition) is 0. The zero-order chi connectivity index (χ0) is 12.4. The summed E-state index contributed by atoms with van der Waals surface area (Å²) in [5.41, 5.74) is 2.44. The van der Waals surface area contributed by atoms with Gasteiger partial charge in [-0.2, -0.15) is 0 Å². The third-order valence-electron chi connectivity index (χ3n) is 3.73. The normalized spacial score (nSPS) is 16.9. The predicted octanol–water partition coefficient (Wildman–Crippen LogP) is 3.39. The van der Waals surface area contributed by atoms with Crippen molar-refractivity contribution < 1.29 is 4.79 Å². The Labute approximate surface area is 106 Å². The van der Waals surface area contributed by atoms with E-state index in [0.717, 1.165) is 29.4 Å². The summed E-state index contributed by atoms with van der Waals surface area (Å²) in [7, 11) is 0. The Hall–Kier alpha value is -1.77. The smallest absolute Gasteiger partial charge is 0.166 e. The Bertz CT molecular complexity index is 573. The maximum absolute atomic E-state index is 12.4. The Morgan fingerprint density at radius 3 is 2.50 bits per heavy atom. The molecular formula is C15H16N2O. The van der Waals surface area contributed by atoms with Crippen LogP contribution in [0.25, 0.3) is 11.0 Å². The van der Waals surface area contributed by atoms with Gasteiger partial charge in [0, 0.05) is 23.9 Å². The molecule has 3 rings (SSSR count). The molecule has 0 saturated heterocycles. The second-order valence-electron chi connectivity index (χ2n) is 4.96. The summed E-state index contributed by atoms with van der Waals surface area (Å²) in [4.78, 5) is 20.9. The average molecular weight is 240 g/mol. The molecule has 2 aromatic rings. The number of Topliss-reactive ketones (excluding diaryl/α,β-unsaturated/α-hetero) is 1. The van der Waals surface area contributed by atoms with E-state index in [9.17, 15) is 4.79 Å². The van der Waals surface area contributed by atoms with Gasteiger partial charge in [0.05, 0.1) is 11.0 Å². The molecule has 1 aliphatic rings. The van der Waals surface area contributed by atoms with Gasteiger partial charge < -0.3 is 0 Å². The number of benzene rings is 1. The summed E-state index contributed by atoms with van der Waals surface area (Å²) in [5, 5.41) is 0. The number of nitrogens with zero attached hydrogens (tertiary/aromatic N) is 2. The molecule has 1 aromatic heterocycles. The van der Waals surface area contributed by atoms with Crippen LogP contribution in [0.5, 0.6) is 0 Å². The predicted molar refractivity (Wildman–Crippen MR) is 70.4 cm³/mol. The zero-order valence-corrected chi connectivity index (χ0v) is 10.3. The van der Waals surface area contributed by atoms with E-state index in [0.29, 0.717) is 0 Å². The fraction of sp³-hybridized carbons (Fsp3) is 0.400. The van der Waals surface area contributed by atoms with Crippen molar-refractivity contribution in [2.45, 2.75) is 32.1 Å². The molecule has 3 heteroatoms. The molecule has 0 spiro atoms. The van der Waals surface area contributed by atoms with E-state index < -0.39 is 0 Å². The average Bonchev–Trinajstić information content (AvgIpc) is 2.47. The summed E-state index contributed by atoms with van der Waals surface area (Å²) in [6, 6.07) is 5.64. The second-order valence-corrected chi connectivity index (χ2v) is 4.96. The monoisotopic (exact) mass is 240 g/mol. The van der Waals surface area contributed by atoms with Gasteiger partial charge in [0.2, 0.25) is 0 Å². The van der Waals surface area contributed by atoms with Crippen molar-refractivity contribution in [3.8, 4) is 0 Å². The molecule has 1 fully saturated rings. The first kappa shape index (κ1) is 11.3. The number of carbonyl (C=O) groups is 1. The van der Waals surface area contributed by atoms with Gasteiger partial charge in [-0.15, -0.1) is 0 Å². The molecule has 0 aliphatic heterocycles. The van der Waals surface area contributed by atoms with Crippen LogP contribution in [-0.2, 0) is 0 Å². The van der Waals surface area contributed by atoms with Gasteiger partial charge in [0.15, 0.2) is 5.78 Å². The van der Waals surface area contributed by atoms with Crippen LogP contribution < -0.4 is 0 Å². The maximum Gasteiger partial charge on any atom is 0.166 e. The molecule has 3 nitrogen and oxygen atoms in total. The highest BCUT2D eigenvalue weighted by Crippen LogP contribution is 2.27. The number of aromatic nitrogens is 2. The minimum atomic E-state index is 0.216. The molecule has 1 aromatic carbocycles. The largest absolute Gasteiger partial charge is 0.294 e. The highest BCUT2D eigenvalue weighted by atomic mass is 16.1. The molecule has 92 valence electrons. The molecule has 0 bridgehead atoms. The van der Waals surface area contributed by atoms with Crippen molar-refractivity contribution in [2.75, 3.05) is 0 Å². The highest BCUT2D eigenvalue weighted by molar-refractivity contribution is 6.00. The summed E-state index contributed by atoms with van der Waals surface area (Å²) in [6.07, 6.45) is 9.05. The van der Waals surface area contributed by atoms with E-state index in [1.807, 2.05) is 18.2 Å². The molecule has 1 saturated carbocycles. The van der Waals surface area contributed by atoms with Gasteiger partial charge in [-0.25, -0.2) is 0 Å². The number of hydrogen-bond acceptors (Lipinski definition) is 3. The summed E-state index contributed by atoms with van der Waals surface area (Å²) in [6.45, 7) is 0. The molecule has 0 unspecified atom stereocenters. The van der Waals surface area contributed by atoms with E-state index in [1.165, 1.54) is 19.3 Å². The molecule has 1 aliphatic carbocycles. The van der Waals surface area contributed by atoms with Crippen molar-refractivity contribution >= 4 is 16.8 Å². The van der Waals surface area contributed by atoms with Crippen molar-refractivity contribution in [2.24, 2.45) is 5.92 Å². The minimum Gasteiger partial charge on any atom is -0.294 e. The molecule has 0 N–H and O–H groups in total. The molecule has 18 heavy (non-hydrogen) atoms. The Morgan fingerprint density at radius 2 is 1.72 bits per heavy atom. The van der Waals surface area contributed by atoms with Crippen molar-refractivity contribution in [3.05, 3.63) is 36.2 Å². The van der Waals surface area contributed by atoms with Crippen molar-refractivity contribution in [1.82, 2.24) is 9.97 Å². The number of ketones is 1. The van der Waals surface area contributed by atoms with Gasteiger partial charge in [0.1, 0.15) is 0 Å². The molecule has 1 heterocycles. The Balaban J connectivity index is 1.91. The van der Waals surface area contributed by atoms with Gasteiger partial charge in [-0.3, -0.25) is 14.8 Å². The lowest BCUT2D eigenvalue weighted by atomic mass is 9.84. The lowest BCUT2D eigenvalue weighted by Gasteiger charge is -2.20. The fourth-order valence-corrected chi connectivity index (χ4v) is 2.72. The second kappa shape index (κ2) is 4.84. The van der Waals surface area contributed by atoms with Gasteiger partial charge in [-0.05, 0) is 31.0 Å². The van der Waals surface area contributed by atoms with E-state index in [-0.39, 0.29) is 11.7 Å². The summed E-state index contributed by atoms with van der Waals surface area (Å²) in [5.74, 6) is 0.495. The number of fused-ring (bicyclic) bond motifs is 1. The van der Waals surface area contributed by atoms with Crippen LogP contribution in [0, 0.1) is 5.92 Å². The first-order chi connectivity index (χ1) is 8.84. The van der Waals surface area contributed by atoms with Crippen LogP contribution in [0.15, 0.2) is 30.6 Å². The lowest BCUT2D eigenvalue weighted by Crippen LogP contribution is -2.17. The summed E-state index contributed by atoms with van der Waals surface area (Å²) >= 11 is 0. The quantitative estimate of drug-likeness (QED) is 0.756.